The number of hydrogen-bond acceptors (Lipinski definition) is 3. The molecule has 0 spiro atoms. The van der Waals surface area contributed by atoms with Crippen molar-refractivity contribution in [1.29, 1.82) is 0 Å². The highest BCUT2D eigenvalue weighted by Gasteiger charge is 2.17. The van der Waals surface area contributed by atoms with E-state index in [9.17, 15) is 4.79 Å². The minimum Gasteiger partial charge on any atom is -0.461 e. The molecule has 0 saturated carbocycles. The molecule has 3 N–H and O–H groups in total. The van der Waals surface area contributed by atoms with E-state index in [1.807, 2.05) is 26.0 Å². The number of nitrogens with two attached hydrogens (primary N) is 1. The number of nitrogen functional groups attached to an aromatic ring is 1. The Morgan fingerprint density at radius 1 is 1.35 bits per heavy atom. The maximum absolute atomic E-state index is 11.7. The van der Waals surface area contributed by atoms with Gasteiger partial charge in [0, 0.05) is 11.1 Å². The lowest BCUT2D eigenvalue weighted by Gasteiger charge is -2.00. The van der Waals surface area contributed by atoms with Gasteiger partial charge in [-0.2, -0.15) is 0 Å². The molecule has 0 radical (unpaired) electrons. The van der Waals surface area contributed by atoms with E-state index in [1.165, 1.54) is 0 Å². The second kappa shape index (κ2) is 4.13. The number of ether oxygens (including phenoxy) is 1. The molecule has 0 atom stereocenters. The predicted octanol–water partition coefficient (Wildman–Crippen LogP) is 2.54. The van der Waals surface area contributed by atoms with Gasteiger partial charge in [-0.05, 0) is 38.0 Å². The zero-order valence-electron chi connectivity index (χ0n) is 10.3. The molecule has 2 rings (SSSR count). The number of carbonyl (C=O) groups is 1. The molecule has 0 aliphatic rings. The first-order valence-electron chi connectivity index (χ1n) is 5.60. The summed E-state index contributed by atoms with van der Waals surface area (Å²) in [7, 11) is 0. The Hall–Kier alpha value is -1.97. The fourth-order valence-electron chi connectivity index (χ4n) is 1.96. The van der Waals surface area contributed by atoms with Crippen LogP contribution in [0, 0.1) is 13.8 Å². The first-order chi connectivity index (χ1) is 8.06. The standard InChI is InChI=1S/C13H16N2O2/c1-4-17-13(16)12-7(2)9-5-6-10(14)8(3)11(9)15-12/h5-6,15H,4,14H2,1-3H3. The number of hydrogen-bond donors (Lipinski definition) is 2. The monoisotopic (exact) mass is 232 g/mol. The molecule has 1 aromatic carbocycles. The average Bonchev–Trinajstić information content (AvgIpc) is 2.63. The van der Waals surface area contributed by atoms with Crippen LogP contribution in [0.25, 0.3) is 10.9 Å². The highest BCUT2D eigenvalue weighted by molar-refractivity contribution is 6.00. The molecule has 0 aliphatic carbocycles. The quantitative estimate of drug-likeness (QED) is 0.617. The highest BCUT2D eigenvalue weighted by atomic mass is 16.5. The minimum absolute atomic E-state index is 0.320. The second-order valence-electron chi connectivity index (χ2n) is 4.05. The van der Waals surface area contributed by atoms with Gasteiger partial charge in [0.05, 0.1) is 12.1 Å². The molecule has 1 aromatic heterocycles. The van der Waals surface area contributed by atoms with Gasteiger partial charge < -0.3 is 15.5 Å². The molecular weight excluding hydrogens is 216 g/mol. The van der Waals surface area contributed by atoms with Gasteiger partial charge in [-0.1, -0.05) is 6.07 Å². The Morgan fingerprint density at radius 3 is 2.71 bits per heavy atom. The van der Waals surface area contributed by atoms with E-state index in [2.05, 4.69) is 4.98 Å². The third-order valence-electron chi connectivity index (χ3n) is 3.02. The number of aromatic amines is 1. The van der Waals surface area contributed by atoms with Crippen molar-refractivity contribution in [3.63, 3.8) is 0 Å². The van der Waals surface area contributed by atoms with Gasteiger partial charge in [-0.15, -0.1) is 0 Å². The minimum atomic E-state index is -0.320. The van der Waals surface area contributed by atoms with Crippen LogP contribution in [0.3, 0.4) is 0 Å². The number of aryl methyl sites for hydroxylation is 2. The molecule has 0 fully saturated rings. The lowest BCUT2D eigenvalue weighted by atomic mass is 10.1. The van der Waals surface area contributed by atoms with Crippen LogP contribution in [0.5, 0.6) is 0 Å². The van der Waals surface area contributed by atoms with Gasteiger partial charge in [-0.3, -0.25) is 0 Å². The van der Waals surface area contributed by atoms with E-state index in [0.29, 0.717) is 18.0 Å². The third kappa shape index (κ3) is 1.75. The molecule has 0 aliphatic heterocycles. The van der Waals surface area contributed by atoms with E-state index in [0.717, 1.165) is 22.0 Å². The average molecular weight is 232 g/mol. The van der Waals surface area contributed by atoms with Crippen molar-refractivity contribution in [2.45, 2.75) is 20.8 Å². The maximum atomic E-state index is 11.7. The normalized spacial score (nSPS) is 10.8. The summed E-state index contributed by atoms with van der Waals surface area (Å²) < 4.78 is 5.01. The zero-order chi connectivity index (χ0) is 12.6. The summed E-state index contributed by atoms with van der Waals surface area (Å²) in [5.41, 5.74) is 9.84. The SMILES string of the molecule is CCOC(=O)c1[nH]c2c(C)c(N)ccc2c1C. The van der Waals surface area contributed by atoms with Gasteiger partial charge in [-0.25, -0.2) is 4.79 Å². The molecule has 4 nitrogen and oxygen atoms in total. The molecule has 1 heterocycles. The lowest BCUT2D eigenvalue weighted by Crippen LogP contribution is -2.06. The van der Waals surface area contributed by atoms with E-state index in [1.54, 1.807) is 6.92 Å². The summed E-state index contributed by atoms with van der Waals surface area (Å²) in [6.45, 7) is 6.00. The van der Waals surface area contributed by atoms with Crippen LogP contribution in [0.2, 0.25) is 0 Å². The summed E-state index contributed by atoms with van der Waals surface area (Å²) in [5.74, 6) is -0.320. The molecular formula is C13H16N2O2. The Bertz CT molecular complexity index is 585. The lowest BCUT2D eigenvalue weighted by molar-refractivity contribution is 0.0520. The van der Waals surface area contributed by atoms with Crippen LogP contribution in [0.4, 0.5) is 5.69 Å². The van der Waals surface area contributed by atoms with Crippen molar-refractivity contribution >= 4 is 22.6 Å². The molecule has 2 aromatic rings. The number of esters is 1. The van der Waals surface area contributed by atoms with Crippen molar-refractivity contribution in [1.82, 2.24) is 4.98 Å². The molecule has 4 heteroatoms. The number of carbonyl (C=O) groups excluding carboxylic acids is 1. The van der Waals surface area contributed by atoms with Crippen molar-refractivity contribution in [3.05, 3.63) is 29.0 Å². The second-order valence-corrected chi connectivity index (χ2v) is 4.05. The van der Waals surface area contributed by atoms with Gasteiger partial charge >= 0.3 is 5.97 Å². The van der Waals surface area contributed by atoms with E-state index >= 15 is 0 Å². The smallest absolute Gasteiger partial charge is 0.355 e. The van der Waals surface area contributed by atoms with Gasteiger partial charge in [0.25, 0.3) is 0 Å². The Balaban J connectivity index is 2.64. The molecule has 0 unspecified atom stereocenters. The van der Waals surface area contributed by atoms with Crippen LogP contribution < -0.4 is 5.73 Å². The first-order valence-corrected chi connectivity index (χ1v) is 5.60. The van der Waals surface area contributed by atoms with Crippen molar-refractivity contribution in [2.24, 2.45) is 0 Å². The number of aromatic nitrogens is 1. The van der Waals surface area contributed by atoms with E-state index < -0.39 is 0 Å². The highest BCUT2D eigenvalue weighted by Crippen LogP contribution is 2.27. The summed E-state index contributed by atoms with van der Waals surface area (Å²) in [6, 6.07) is 3.78. The van der Waals surface area contributed by atoms with Crippen molar-refractivity contribution in [3.8, 4) is 0 Å². The van der Waals surface area contributed by atoms with Gasteiger partial charge in [0.1, 0.15) is 5.69 Å². The number of nitrogens with one attached hydrogen (secondary N) is 1. The fourth-order valence-corrected chi connectivity index (χ4v) is 1.96. The van der Waals surface area contributed by atoms with Crippen LogP contribution in [0.1, 0.15) is 28.5 Å². The van der Waals surface area contributed by atoms with Crippen LogP contribution in [-0.4, -0.2) is 17.6 Å². The Labute approximate surface area is 99.8 Å². The first kappa shape index (κ1) is 11.5. The number of H-pyrrole nitrogens is 1. The van der Waals surface area contributed by atoms with E-state index in [4.69, 9.17) is 10.5 Å². The summed E-state index contributed by atoms with van der Waals surface area (Å²) in [4.78, 5) is 14.8. The predicted molar refractivity (Wildman–Crippen MR) is 68.1 cm³/mol. The largest absolute Gasteiger partial charge is 0.461 e. The van der Waals surface area contributed by atoms with Gasteiger partial charge in [0.15, 0.2) is 0 Å². The topological polar surface area (TPSA) is 68.1 Å². The van der Waals surface area contributed by atoms with E-state index in [-0.39, 0.29) is 5.97 Å². The molecule has 0 bridgehead atoms. The fraction of sp³-hybridized carbons (Fsp3) is 0.308. The van der Waals surface area contributed by atoms with Crippen LogP contribution in [0.15, 0.2) is 12.1 Å². The van der Waals surface area contributed by atoms with Crippen LogP contribution in [-0.2, 0) is 4.74 Å². The van der Waals surface area contributed by atoms with Crippen LogP contribution >= 0.6 is 0 Å². The van der Waals surface area contributed by atoms with Gasteiger partial charge in [0.2, 0.25) is 0 Å². The van der Waals surface area contributed by atoms with Crippen molar-refractivity contribution < 1.29 is 9.53 Å². The summed E-state index contributed by atoms with van der Waals surface area (Å²) >= 11 is 0. The molecule has 17 heavy (non-hydrogen) atoms. The Morgan fingerprint density at radius 2 is 2.06 bits per heavy atom. The molecule has 0 saturated heterocycles. The maximum Gasteiger partial charge on any atom is 0.355 e. The molecule has 90 valence electrons. The number of fused-ring (bicyclic) bond motifs is 1. The number of benzene rings is 1. The summed E-state index contributed by atoms with van der Waals surface area (Å²) in [6.07, 6.45) is 0. The molecule has 0 amide bonds. The zero-order valence-corrected chi connectivity index (χ0v) is 10.3. The Kier molecular flexibility index (Phi) is 2.79. The van der Waals surface area contributed by atoms with Crippen molar-refractivity contribution in [2.75, 3.05) is 12.3 Å². The summed E-state index contributed by atoms with van der Waals surface area (Å²) in [5, 5.41) is 1.01. The number of anilines is 1. The number of rotatable bonds is 2. The third-order valence-corrected chi connectivity index (χ3v) is 3.02.